The maximum Gasteiger partial charge on any atom is 0.238 e. The lowest BCUT2D eigenvalue weighted by atomic mass is 10.0. The van der Waals surface area contributed by atoms with Gasteiger partial charge in [-0.25, -0.2) is 8.42 Å². The van der Waals surface area contributed by atoms with E-state index in [9.17, 15) is 13.2 Å². The molecule has 0 aromatic carbocycles. The van der Waals surface area contributed by atoms with Crippen LogP contribution >= 0.6 is 0 Å². The van der Waals surface area contributed by atoms with Gasteiger partial charge < -0.3 is 5.73 Å². The Labute approximate surface area is 84.1 Å². The number of hydrogen-bond acceptors (Lipinski definition) is 4. The summed E-state index contributed by atoms with van der Waals surface area (Å²) in [7, 11) is -3.43. The van der Waals surface area contributed by atoms with Gasteiger partial charge in [0.1, 0.15) is 0 Å². The summed E-state index contributed by atoms with van der Waals surface area (Å²) in [6.45, 7) is 1.49. The fourth-order valence-electron chi connectivity index (χ4n) is 1.62. The molecule has 3 N–H and O–H groups in total. The summed E-state index contributed by atoms with van der Waals surface area (Å²) in [5.41, 5.74) is 5.68. The van der Waals surface area contributed by atoms with E-state index in [0.717, 1.165) is 12.8 Å². The van der Waals surface area contributed by atoms with Crippen LogP contribution in [0.5, 0.6) is 0 Å². The van der Waals surface area contributed by atoms with E-state index in [4.69, 9.17) is 5.73 Å². The average molecular weight is 220 g/mol. The van der Waals surface area contributed by atoms with E-state index in [1.165, 1.54) is 6.92 Å². The van der Waals surface area contributed by atoms with Crippen molar-refractivity contribution in [2.45, 2.75) is 32.2 Å². The zero-order valence-electron chi connectivity index (χ0n) is 8.19. The van der Waals surface area contributed by atoms with Gasteiger partial charge in [-0.05, 0) is 19.8 Å². The molecule has 0 heterocycles. The Bertz CT molecular complexity index is 313. The molecule has 0 aromatic heterocycles. The molecule has 1 saturated carbocycles. The minimum Gasteiger partial charge on any atom is -0.327 e. The Morgan fingerprint density at radius 1 is 1.50 bits per heavy atom. The van der Waals surface area contributed by atoms with Crippen molar-refractivity contribution >= 4 is 15.9 Å². The standard InChI is InChI=1S/C8H16N2O3S/c1-2-14(12,13)10-8(11)6-4-3-5-7(6)9/h6-7H,2-5,9H2,1H3,(H,10,11). The number of nitrogens with one attached hydrogen (secondary N) is 1. The third-order valence-corrected chi connectivity index (χ3v) is 3.81. The Kier molecular flexibility index (Phi) is 3.49. The molecule has 0 radical (unpaired) electrons. The summed E-state index contributed by atoms with van der Waals surface area (Å²) in [6.07, 6.45) is 2.38. The van der Waals surface area contributed by atoms with Gasteiger partial charge in [0.25, 0.3) is 0 Å². The summed E-state index contributed by atoms with van der Waals surface area (Å²) in [5, 5.41) is 0. The summed E-state index contributed by atoms with van der Waals surface area (Å²) < 4.78 is 24.2. The maximum atomic E-state index is 11.5. The van der Waals surface area contributed by atoms with Gasteiger partial charge in [-0.2, -0.15) is 0 Å². The molecule has 0 aromatic rings. The number of amides is 1. The molecular formula is C8H16N2O3S. The molecule has 2 atom stereocenters. The highest BCUT2D eigenvalue weighted by Gasteiger charge is 2.31. The van der Waals surface area contributed by atoms with E-state index < -0.39 is 15.9 Å². The Balaban J connectivity index is 2.58. The van der Waals surface area contributed by atoms with E-state index in [1.807, 2.05) is 4.72 Å². The second-order valence-electron chi connectivity index (χ2n) is 3.57. The van der Waals surface area contributed by atoms with Crippen LogP contribution in [0, 0.1) is 5.92 Å². The van der Waals surface area contributed by atoms with E-state index in [0.29, 0.717) is 6.42 Å². The second-order valence-corrected chi connectivity index (χ2v) is 5.58. The van der Waals surface area contributed by atoms with Crippen LogP contribution in [0.3, 0.4) is 0 Å². The molecule has 5 nitrogen and oxygen atoms in total. The van der Waals surface area contributed by atoms with Gasteiger partial charge in [0.05, 0.1) is 11.7 Å². The number of hydrogen-bond donors (Lipinski definition) is 2. The lowest BCUT2D eigenvalue weighted by Crippen LogP contribution is -2.41. The maximum absolute atomic E-state index is 11.5. The summed E-state index contributed by atoms with van der Waals surface area (Å²) >= 11 is 0. The molecule has 0 saturated heterocycles. The third kappa shape index (κ3) is 2.68. The van der Waals surface area contributed by atoms with Gasteiger partial charge in [0, 0.05) is 6.04 Å². The SMILES string of the molecule is CCS(=O)(=O)NC(=O)C1CCCC1N. The van der Waals surface area contributed by atoms with Gasteiger partial charge in [-0.3, -0.25) is 9.52 Å². The zero-order valence-corrected chi connectivity index (χ0v) is 9.01. The van der Waals surface area contributed by atoms with Crippen LogP contribution in [0.15, 0.2) is 0 Å². The molecule has 82 valence electrons. The minimum absolute atomic E-state index is 0.0826. The van der Waals surface area contributed by atoms with Crippen LogP contribution in [-0.4, -0.2) is 26.1 Å². The smallest absolute Gasteiger partial charge is 0.238 e. The van der Waals surface area contributed by atoms with Crippen molar-refractivity contribution < 1.29 is 13.2 Å². The highest BCUT2D eigenvalue weighted by Crippen LogP contribution is 2.24. The molecular weight excluding hydrogens is 204 g/mol. The number of sulfonamides is 1. The highest BCUT2D eigenvalue weighted by molar-refractivity contribution is 7.90. The van der Waals surface area contributed by atoms with Crippen LogP contribution in [0.4, 0.5) is 0 Å². The zero-order chi connectivity index (χ0) is 10.8. The molecule has 1 rings (SSSR count). The van der Waals surface area contributed by atoms with E-state index in [2.05, 4.69) is 0 Å². The van der Waals surface area contributed by atoms with Crippen molar-refractivity contribution in [3.05, 3.63) is 0 Å². The molecule has 0 aliphatic heterocycles. The molecule has 6 heteroatoms. The molecule has 1 aliphatic carbocycles. The normalized spacial score (nSPS) is 27.6. The fraction of sp³-hybridized carbons (Fsp3) is 0.875. The molecule has 1 amide bonds. The van der Waals surface area contributed by atoms with E-state index in [1.54, 1.807) is 0 Å². The van der Waals surface area contributed by atoms with Crippen molar-refractivity contribution in [3.8, 4) is 0 Å². The van der Waals surface area contributed by atoms with E-state index in [-0.39, 0.29) is 17.7 Å². The summed E-state index contributed by atoms with van der Waals surface area (Å²) in [5.74, 6) is -0.867. The van der Waals surface area contributed by atoms with Gasteiger partial charge >= 0.3 is 0 Å². The first kappa shape index (κ1) is 11.5. The van der Waals surface area contributed by atoms with Gasteiger partial charge in [-0.1, -0.05) is 6.42 Å². The monoisotopic (exact) mass is 220 g/mol. The number of carbonyl (C=O) groups is 1. The highest BCUT2D eigenvalue weighted by atomic mass is 32.2. The Morgan fingerprint density at radius 2 is 2.14 bits per heavy atom. The van der Waals surface area contributed by atoms with Gasteiger partial charge in [-0.15, -0.1) is 0 Å². The van der Waals surface area contributed by atoms with Crippen LogP contribution in [0.2, 0.25) is 0 Å². The predicted molar refractivity (Wildman–Crippen MR) is 52.9 cm³/mol. The minimum atomic E-state index is -3.43. The van der Waals surface area contributed by atoms with Crippen molar-refractivity contribution in [1.82, 2.24) is 4.72 Å². The van der Waals surface area contributed by atoms with E-state index >= 15 is 0 Å². The topological polar surface area (TPSA) is 89.3 Å². The van der Waals surface area contributed by atoms with Crippen LogP contribution < -0.4 is 10.5 Å². The van der Waals surface area contributed by atoms with Crippen molar-refractivity contribution in [3.63, 3.8) is 0 Å². The Hall–Kier alpha value is -0.620. The van der Waals surface area contributed by atoms with Crippen LogP contribution in [0.1, 0.15) is 26.2 Å². The third-order valence-electron chi connectivity index (χ3n) is 2.54. The molecule has 1 fully saturated rings. The van der Waals surface area contributed by atoms with Crippen LogP contribution in [-0.2, 0) is 14.8 Å². The first-order chi connectivity index (χ1) is 6.46. The molecule has 2 unspecified atom stereocenters. The number of nitrogens with two attached hydrogens (primary N) is 1. The first-order valence-electron chi connectivity index (χ1n) is 4.76. The Morgan fingerprint density at radius 3 is 2.57 bits per heavy atom. The molecule has 14 heavy (non-hydrogen) atoms. The lowest BCUT2D eigenvalue weighted by Gasteiger charge is -2.14. The molecule has 0 bridgehead atoms. The van der Waals surface area contributed by atoms with Crippen molar-refractivity contribution in [2.75, 3.05) is 5.75 Å². The van der Waals surface area contributed by atoms with Crippen molar-refractivity contribution in [1.29, 1.82) is 0 Å². The average Bonchev–Trinajstić information content (AvgIpc) is 2.51. The quantitative estimate of drug-likeness (QED) is 0.676. The first-order valence-corrected chi connectivity index (χ1v) is 6.41. The largest absolute Gasteiger partial charge is 0.327 e. The lowest BCUT2D eigenvalue weighted by molar-refractivity contribution is -0.123. The fourth-order valence-corrected chi connectivity index (χ4v) is 2.22. The molecule has 1 aliphatic rings. The van der Waals surface area contributed by atoms with Gasteiger partial charge in [0.2, 0.25) is 15.9 Å². The summed E-state index contributed by atoms with van der Waals surface area (Å²) in [6, 6.07) is -0.193. The number of carbonyl (C=O) groups excluding carboxylic acids is 1. The molecule has 0 spiro atoms. The predicted octanol–water partition coefficient (Wildman–Crippen LogP) is -0.420. The second kappa shape index (κ2) is 4.27. The van der Waals surface area contributed by atoms with Crippen molar-refractivity contribution in [2.24, 2.45) is 11.7 Å². The number of rotatable bonds is 3. The van der Waals surface area contributed by atoms with Crippen LogP contribution in [0.25, 0.3) is 0 Å². The van der Waals surface area contributed by atoms with Gasteiger partial charge in [0.15, 0.2) is 0 Å². The summed E-state index contributed by atoms with van der Waals surface area (Å²) in [4.78, 5) is 11.5.